The molecule has 6 nitrogen and oxygen atoms in total. The number of rotatable bonds is 8. The van der Waals surface area contributed by atoms with E-state index in [0.29, 0.717) is 12.0 Å². The molecule has 1 saturated carbocycles. The molecule has 3 aromatic carbocycles. The third-order valence-electron chi connectivity index (χ3n) is 7.14. The molecule has 0 saturated heterocycles. The lowest BCUT2D eigenvalue weighted by Gasteiger charge is -2.29. The first-order chi connectivity index (χ1) is 17.1. The molecule has 1 aliphatic carbocycles. The highest BCUT2D eigenvalue weighted by Gasteiger charge is 2.22. The number of nitrogens with one attached hydrogen (secondary N) is 2. The fourth-order valence-electron chi connectivity index (χ4n) is 5.25. The molecule has 0 unspecified atom stereocenters. The number of benzene rings is 3. The molecule has 2 N–H and O–H groups in total. The van der Waals surface area contributed by atoms with Gasteiger partial charge in [0.15, 0.2) is 0 Å². The molecular formula is C29H35N5O. The van der Waals surface area contributed by atoms with Gasteiger partial charge in [0.2, 0.25) is 5.95 Å². The first-order valence-corrected chi connectivity index (χ1v) is 12.6. The van der Waals surface area contributed by atoms with Crippen molar-refractivity contribution in [2.45, 2.75) is 38.3 Å². The number of anilines is 2. The fourth-order valence-corrected chi connectivity index (χ4v) is 5.25. The van der Waals surface area contributed by atoms with Gasteiger partial charge in [-0.25, -0.2) is 4.98 Å². The van der Waals surface area contributed by atoms with E-state index in [9.17, 15) is 0 Å². The summed E-state index contributed by atoms with van der Waals surface area (Å²) in [6.45, 7) is 1.84. The van der Waals surface area contributed by atoms with Crippen molar-refractivity contribution in [1.82, 2.24) is 15.3 Å². The van der Waals surface area contributed by atoms with E-state index in [1.165, 1.54) is 29.2 Å². The maximum atomic E-state index is 5.65. The topological polar surface area (TPSA) is 62.3 Å². The molecule has 0 bridgehead atoms. The minimum Gasteiger partial charge on any atom is -0.496 e. The minimum atomic E-state index is 0.417. The number of nitrogens with zero attached hydrogens (tertiary/aromatic N) is 3. The predicted octanol–water partition coefficient (Wildman–Crippen LogP) is 5.62. The van der Waals surface area contributed by atoms with Crippen LogP contribution in [0, 0.1) is 5.92 Å². The highest BCUT2D eigenvalue weighted by molar-refractivity contribution is 5.90. The van der Waals surface area contributed by atoms with Crippen molar-refractivity contribution in [1.29, 1.82) is 0 Å². The Kier molecular flexibility index (Phi) is 7.00. The van der Waals surface area contributed by atoms with Crippen molar-refractivity contribution < 1.29 is 4.74 Å². The van der Waals surface area contributed by atoms with Gasteiger partial charge in [-0.1, -0.05) is 42.5 Å². The van der Waals surface area contributed by atoms with Crippen molar-refractivity contribution in [3.63, 3.8) is 0 Å². The van der Waals surface area contributed by atoms with Gasteiger partial charge >= 0.3 is 0 Å². The van der Waals surface area contributed by atoms with E-state index < -0.39 is 0 Å². The van der Waals surface area contributed by atoms with E-state index in [1.807, 2.05) is 26.2 Å². The summed E-state index contributed by atoms with van der Waals surface area (Å²) in [5.74, 6) is 3.33. The average Bonchev–Trinajstić information content (AvgIpc) is 2.89. The zero-order valence-electron chi connectivity index (χ0n) is 20.9. The molecule has 1 aromatic heterocycles. The second-order valence-electron chi connectivity index (χ2n) is 9.74. The van der Waals surface area contributed by atoms with Gasteiger partial charge in [0.25, 0.3) is 0 Å². The molecule has 1 heterocycles. The van der Waals surface area contributed by atoms with Gasteiger partial charge in [0.05, 0.1) is 12.6 Å². The summed E-state index contributed by atoms with van der Waals surface area (Å²) < 4.78 is 5.65. The van der Waals surface area contributed by atoms with E-state index in [1.54, 1.807) is 7.11 Å². The van der Waals surface area contributed by atoms with E-state index in [-0.39, 0.29) is 0 Å². The molecule has 6 heteroatoms. The zero-order valence-corrected chi connectivity index (χ0v) is 20.9. The maximum absolute atomic E-state index is 5.65. The molecule has 0 spiro atoms. The van der Waals surface area contributed by atoms with E-state index in [4.69, 9.17) is 14.7 Å². The number of aromatic nitrogens is 2. The van der Waals surface area contributed by atoms with Gasteiger partial charge in [-0.15, -0.1) is 0 Å². The third kappa shape index (κ3) is 5.17. The van der Waals surface area contributed by atoms with Crippen LogP contribution in [0.5, 0.6) is 5.75 Å². The van der Waals surface area contributed by atoms with Crippen molar-refractivity contribution in [3.8, 4) is 5.75 Å². The summed E-state index contributed by atoms with van der Waals surface area (Å²) in [5, 5.41) is 10.9. The summed E-state index contributed by atoms with van der Waals surface area (Å²) in [4.78, 5) is 11.7. The molecule has 5 rings (SSSR count). The lowest BCUT2D eigenvalue weighted by molar-refractivity contribution is 0.323. The summed E-state index contributed by atoms with van der Waals surface area (Å²) in [6, 6.07) is 21.4. The highest BCUT2D eigenvalue weighted by Crippen LogP contribution is 2.30. The van der Waals surface area contributed by atoms with Gasteiger partial charge in [0, 0.05) is 37.6 Å². The van der Waals surface area contributed by atoms with Crippen molar-refractivity contribution in [3.05, 3.63) is 66.2 Å². The molecule has 0 amide bonds. The number of hydrogen-bond donors (Lipinski definition) is 2. The standard InChI is InChI=1S/C29H35N5O/c1-34(2)28-24-10-6-7-11-26(24)32-29(33-28)31-22-15-12-20(13-16-22)18-30-19-25-23-9-5-4-8-21(23)14-17-27(25)35-3/h4-11,14,17,20,22,30H,12-13,15-16,18-19H2,1-3H3,(H,31,32,33)/t20-,22+. The Balaban J connectivity index is 1.17. The van der Waals surface area contributed by atoms with Crippen LogP contribution >= 0.6 is 0 Å². The number of hydrogen-bond acceptors (Lipinski definition) is 6. The molecule has 0 radical (unpaired) electrons. The summed E-state index contributed by atoms with van der Waals surface area (Å²) >= 11 is 0. The van der Waals surface area contributed by atoms with Crippen molar-refractivity contribution >= 4 is 33.4 Å². The van der Waals surface area contributed by atoms with E-state index in [0.717, 1.165) is 54.3 Å². The van der Waals surface area contributed by atoms with Crippen LogP contribution in [0.4, 0.5) is 11.8 Å². The quantitative estimate of drug-likeness (QED) is 0.349. The van der Waals surface area contributed by atoms with Crippen LogP contribution in [0.25, 0.3) is 21.7 Å². The SMILES string of the molecule is COc1ccc2ccccc2c1CNC[C@H]1CC[C@@H](Nc2nc(N(C)C)c3ccccc3n2)CC1. The Labute approximate surface area is 207 Å². The monoisotopic (exact) mass is 469 g/mol. The molecular weight excluding hydrogens is 434 g/mol. The third-order valence-corrected chi connectivity index (χ3v) is 7.14. The van der Waals surface area contributed by atoms with Crippen LogP contribution in [0.2, 0.25) is 0 Å². The number of methoxy groups -OCH3 is 1. The Morgan fingerprint density at radius 1 is 0.886 bits per heavy atom. The molecule has 0 atom stereocenters. The number of ether oxygens (including phenoxy) is 1. The summed E-state index contributed by atoms with van der Waals surface area (Å²) in [6.07, 6.45) is 4.67. The molecule has 1 fully saturated rings. The number of para-hydroxylation sites is 1. The first-order valence-electron chi connectivity index (χ1n) is 12.6. The van der Waals surface area contributed by atoms with Crippen LogP contribution < -0.4 is 20.3 Å². The Bertz CT molecular complexity index is 1300. The lowest BCUT2D eigenvalue weighted by atomic mass is 9.86. The Morgan fingerprint density at radius 3 is 2.40 bits per heavy atom. The van der Waals surface area contributed by atoms with E-state index in [2.05, 4.69) is 64.1 Å². The fraction of sp³-hybridized carbons (Fsp3) is 0.379. The first kappa shape index (κ1) is 23.4. The van der Waals surface area contributed by atoms with Gasteiger partial charge in [-0.3, -0.25) is 0 Å². The van der Waals surface area contributed by atoms with Crippen LogP contribution in [-0.2, 0) is 6.54 Å². The van der Waals surface area contributed by atoms with Crippen LogP contribution in [-0.4, -0.2) is 43.8 Å². The molecule has 4 aromatic rings. The van der Waals surface area contributed by atoms with E-state index >= 15 is 0 Å². The second kappa shape index (κ2) is 10.5. The van der Waals surface area contributed by atoms with Crippen LogP contribution in [0.3, 0.4) is 0 Å². The largest absolute Gasteiger partial charge is 0.496 e. The zero-order chi connectivity index (χ0) is 24.2. The van der Waals surface area contributed by atoms with Crippen LogP contribution in [0.1, 0.15) is 31.2 Å². The van der Waals surface area contributed by atoms with Gasteiger partial charge in [0.1, 0.15) is 11.6 Å². The Morgan fingerprint density at radius 2 is 1.63 bits per heavy atom. The van der Waals surface area contributed by atoms with Gasteiger partial charge in [-0.2, -0.15) is 4.98 Å². The van der Waals surface area contributed by atoms with Gasteiger partial charge < -0.3 is 20.3 Å². The van der Waals surface area contributed by atoms with Crippen molar-refractivity contribution in [2.75, 3.05) is 38.0 Å². The molecule has 35 heavy (non-hydrogen) atoms. The lowest BCUT2D eigenvalue weighted by Crippen LogP contribution is -2.31. The number of fused-ring (bicyclic) bond motifs is 2. The van der Waals surface area contributed by atoms with Crippen molar-refractivity contribution in [2.24, 2.45) is 5.92 Å². The smallest absolute Gasteiger partial charge is 0.225 e. The molecule has 0 aliphatic heterocycles. The maximum Gasteiger partial charge on any atom is 0.225 e. The Hall–Kier alpha value is -3.38. The second-order valence-corrected chi connectivity index (χ2v) is 9.74. The minimum absolute atomic E-state index is 0.417. The van der Waals surface area contributed by atoms with Crippen LogP contribution in [0.15, 0.2) is 60.7 Å². The normalized spacial score (nSPS) is 18.0. The predicted molar refractivity (Wildman–Crippen MR) is 145 cm³/mol. The molecule has 1 aliphatic rings. The summed E-state index contributed by atoms with van der Waals surface area (Å²) in [5.41, 5.74) is 2.22. The average molecular weight is 470 g/mol. The summed E-state index contributed by atoms with van der Waals surface area (Å²) in [7, 11) is 5.82. The highest BCUT2D eigenvalue weighted by atomic mass is 16.5. The molecule has 182 valence electrons. The van der Waals surface area contributed by atoms with Gasteiger partial charge in [-0.05, 0) is 67.1 Å².